The Morgan fingerprint density at radius 3 is 2.82 bits per heavy atom. The summed E-state index contributed by atoms with van der Waals surface area (Å²) in [6, 6.07) is 7.02. The molecular weight excluding hydrogens is 240 g/mol. The van der Waals surface area contributed by atoms with Gasteiger partial charge in [-0.2, -0.15) is 0 Å². The molecule has 1 aliphatic rings. The third kappa shape index (κ3) is 2.04. The summed E-state index contributed by atoms with van der Waals surface area (Å²) in [7, 11) is 1.24. The predicted molar refractivity (Wildman–Crippen MR) is 62.8 cm³/mol. The van der Waals surface area contributed by atoms with E-state index < -0.39 is 11.9 Å². The van der Waals surface area contributed by atoms with Crippen molar-refractivity contribution in [3.63, 3.8) is 0 Å². The number of carbonyl (C=O) groups is 2. The summed E-state index contributed by atoms with van der Waals surface area (Å²) in [4.78, 5) is 24.2. The molecule has 0 unspecified atom stereocenters. The summed E-state index contributed by atoms with van der Waals surface area (Å²) in [6.45, 7) is 0. The SMILES string of the molecule is COC(=O)C1=CSc2ccccc2C(=O)N1N. The average molecular weight is 250 g/mol. The minimum Gasteiger partial charge on any atom is -0.464 e. The molecule has 1 heterocycles. The predicted octanol–water partition coefficient (Wildman–Crippen LogP) is 1.12. The second kappa shape index (κ2) is 4.60. The molecule has 1 aliphatic heterocycles. The average Bonchev–Trinajstić information content (AvgIpc) is 2.49. The summed E-state index contributed by atoms with van der Waals surface area (Å²) in [6.07, 6.45) is 0. The minimum atomic E-state index is -0.638. The molecule has 17 heavy (non-hydrogen) atoms. The molecular formula is C11H10N2O3S. The highest BCUT2D eigenvalue weighted by Crippen LogP contribution is 2.29. The highest BCUT2D eigenvalue weighted by atomic mass is 32.2. The normalized spacial score (nSPS) is 14.8. The first-order valence-corrected chi connectivity index (χ1v) is 5.66. The number of amides is 1. The van der Waals surface area contributed by atoms with E-state index in [2.05, 4.69) is 4.74 Å². The van der Waals surface area contributed by atoms with E-state index in [9.17, 15) is 9.59 Å². The smallest absolute Gasteiger partial charge is 0.356 e. The summed E-state index contributed by atoms with van der Waals surface area (Å²) in [5.74, 6) is 4.55. The fourth-order valence-corrected chi connectivity index (χ4v) is 2.30. The van der Waals surface area contributed by atoms with E-state index in [1.54, 1.807) is 18.2 Å². The Bertz CT molecular complexity index is 513. The second-order valence-corrected chi connectivity index (χ2v) is 4.20. The van der Waals surface area contributed by atoms with Crippen LogP contribution in [0.15, 0.2) is 40.3 Å². The molecule has 0 aromatic heterocycles. The number of fused-ring (bicyclic) bond motifs is 1. The van der Waals surface area contributed by atoms with Crippen molar-refractivity contribution in [2.75, 3.05) is 7.11 Å². The van der Waals surface area contributed by atoms with Gasteiger partial charge in [-0.15, -0.1) is 0 Å². The molecule has 5 nitrogen and oxygen atoms in total. The van der Waals surface area contributed by atoms with Gasteiger partial charge in [0, 0.05) is 10.3 Å². The van der Waals surface area contributed by atoms with E-state index in [-0.39, 0.29) is 5.70 Å². The molecule has 0 atom stereocenters. The van der Waals surface area contributed by atoms with Crippen molar-refractivity contribution < 1.29 is 14.3 Å². The molecule has 0 aliphatic carbocycles. The maximum atomic E-state index is 12.0. The largest absolute Gasteiger partial charge is 0.464 e. The molecule has 2 rings (SSSR count). The number of nitrogens with two attached hydrogens (primary N) is 1. The van der Waals surface area contributed by atoms with Crippen LogP contribution >= 0.6 is 11.8 Å². The third-order valence-corrected chi connectivity index (χ3v) is 3.24. The van der Waals surface area contributed by atoms with Crippen molar-refractivity contribution in [3.05, 3.63) is 40.9 Å². The lowest BCUT2D eigenvalue weighted by Gasteiger charge is -2.16. The van der Waals surface area contributed by atoms with Crippen molar-refractivity contribution in [2.24, 2.45) is 5.84 Å². The summed E-state index contributed by atoms with van der Waals surface area (Å²) < 4.78 is 4.57. The molecule has 0 saturated heterocycles. The van der Waals surface area contributed by atoms with Gasteiger partial charge in [-0.1, -0.05) is 23.9 Å². The first-order valence-electron chi connectivity index (χ1n) is 4.78. The van der Waals surface area contributed by atoms with Crippen molar-refractivity contribution in [2.45, 2.75) is 4.90 Å². The molecule has 2 N–H and O–H groups in total. The minimum absolute atomic E-state index is 0.0266. The van der Waals surface area contributed by atoms with Crippen LogP contribution in [-0.2, 0) is 9.53 Å². The number of methoxy groups -OCH3 is 1. The van der Waals surface area contributed by atoms with Crippen LogP contribution < -0.4 is 5.84 Å². The first kappa shape index (κ1) is 11.7. The number of ether oxygens (including phenoxy) is 1. The molecule has 88 valence electrons. The Hall–Kier alpha value is -1.79. The van der Waals surface area contributed by atoms with E-state index >= 15 is 0 Å². The zero-order valence-electron chi connectivity index (χ0n) is 9.04. The highest BCUT2D eigenvalue weighted by molar-refractivity contribution is 8.02. The van der Waals surface area contributed by atoms with Crippen LogP contribution in [0.1, 0.15) is 10.4 Å². The molecule has 0 radical (unpaired) electrons. The molecule has 0 saturated carbocycles. The van der Waals surface area contributed by atoms with Crippen LogP contribution in [0.3, 0.4) is 0 Å². The van der Waals surface area contributed by atoms with Gasteiger partial charge in [0.05, 0.1) is 12.7 Å². The maximum absolute atomic E-state index is 12.0. The number of nitrogens with zero attached hydrogens (tertiary/aromatic N) is 1. The zero-order chi connectivity index (χ0) is 12.4. The van der Waals surface area contributed by atoms with Crippen LogP contribution in [0.2, 0.25) is 0 Å². The van der Waals surface area contributed by atoms with Gasteiger partial charge in [-0.05, 0) is 12.1 Å². The number of hydrazine groups is 1. The lowest BCUT2D eigenvalue weighted by atomic mass is 10.2. The standard InChI is InChI=1S/C11H10N2O3S/c1-16-11(15)8-6-17-9-5-3-2-4-7(9)10(14)13(8)12/h2-6H,12H2,1H3. The number of esters is 1. The van der Waals surface area contributed by atoms with E-state index in [4.69, 9.17) is 5.84 Å². The molecule has 0 spiro atoms. The summed E-state index contributed by atoms with van der Waals surface area (Å²) in [5.41, 5.74) is 0.494. The molecule has 1 aromatic carbocycles. The van der Waals surface area contributed by atoms with Gasteiger partial charge in [0.1, 0.15) is 0 Å². The molecule has 1 aromatic rings. The van der Waals surface area contributed by atoms with Gasteiger partial charge < -0.3 is 4.74 Å². The van der Waals surface area contributed by atoms with Gasteiger partial charge in [0.25, 0.3) is 5.91 Å². The van der Waals surface area contributed by atoms with Crippen LogP contribution in [0.5, 0.6) is 0 Å². The number of rotatable bonds is 1. The summed E-state index contributed by atoms with van der Waals surface area (Å²) >= 11 is 1.26. The quantitative estimate of drug-likeness (QED) is 0.459. The van der Waals surface area contributed by atoms with E-state index in [0.29, 0.717) is 5.56 Å². The highest BCUT2D eigenvalue weighted by Gasteiger charge is 2.27. The van der Waals surface area contributed by atoms with Crippen molar-refractivity contribution >= 4 is 23.6 Å². The Balaban J connectivity index is 2.45. The number of thioether (sulfide) groups is 1. The molecule has 0 fully saturated rings. The molecule has 1 amide bonds. The van der Waals surface area contributed by atoms with Crippen molar-refractivity contribution in [1.82, 2.24) is 5.01 Å². The zero-order valence-corrected chi connectivity index (χ0v) is 9.86. The fourth-order valence-electron chi connectivity index (χ4n) is 1.41. The maximum Gasteiger partial charge on any atom is 0.356 e. The van der Waals surface area contributed by atoms with E-state index in [1.807, 2.05) is 6.07 Å². The molecule has 6 heteroatoms. The van der Waals surface area contributed by atoms with Gasteiger partial charge in [0.2, 0.25) is 0 Å². The van der Waals surface area contributed by atoms with Gasteiger partial charge in [-0.3, -0.25) is 4.79 Å². The number of hydrogen-bond acceptors (Lipinski definition) is 5. The van der Waals surface area contributed by atoms with E-state index in [0.717, 1.165) is 9.90 Å². The number of benzene rings is 1. The topological polar surface area (TPSA) is 72.6 Å². The van der Waals surface area contributed by atoms with Crippen LogP contribution in [0.4, 0.5) is 0 Å². The van der Waals surface area contributed by atoms with Gasteiger partial charge >= 0.3 is 5.97 Å². The van der Waals surface area contributed by atoms with Gasteiger partial charge in [-0.25, -0.2) is 15.6 Å². The first-order chi connectivity index (χ1) is 8.15. The Morgan fingerprint density at radius 2 is 2.12 bits per heavy atom. The van der Waals surface area contributed by atoms with Crippen LogP contribution in [-0.4, -0.2) is 24.0 Å². The van der Waals surface area contributed by atoms with Crippen molar-refractivity contribution in [1.29, 1.82) is 0 Å². The van der Waals surface area contributed by atoms with Crippen molar-refractivity contribution in [3.8, 4) is 0 Å². The van der Waals surface area contributed by atoms with Crippen LogP contribution in [0, 0.1) is 0 Å². The van der Waals surface area contributed by atoms with E-state index in [1.165, 1.54) is 24.3 Å². The fraction of sp³-hybridized carbons (Fsp3) is 0.0909. The molecule has 0 bridgehead atoms. The van der Waals surface area contributed by atoms with Crippen LogP contribution in [0.25, 0.3) is 0 Å². The third-order valence-electron chi connectivity index (χ3n) is 2.29. The monoisotopic (exact) mass is 250 g/mol. The van der Waals surface area contributed by atoms with Gasteiger partial charge in [0.15, 0.2) is 5.70 Å². The lowest BCUT2D eigenvalue weighted by molar-refractivity contribution is -0.137. The Labute approximate surface area is 102 Å². The number of carbonyl (C=O) groups excluding carboxylic acids is 2. The number of hydrogen-bond donors (Lipinski definition) is 1. The Kier molecular flexibility index (Phi) is 3.16. The Morgan fingerprint density at radius 1 is 1.41 bits per heavy atom. The summed E-state index contributed by atoms with van der Waals surface area (Å²) in [5, 5.41) is 2.32. The second-order valence-electron chi connectivity index (χ2n) is 3.28. The lowest BCUT2D eigenvalue weighted by Crippen LogP contribution is -2.39.